The third kappa shape index (κ3) is 3.19. The SMILES string of the molecule is Cc1ccc(CC2(C3CCCCC3)C=C(O)CCC2=O)cc1F. The van der Waals surface area contributed by atoms with Crippen LogP contribution in [0.2, 0.25) is 0 Å². The minimum Gasteiger partial charge on any atom is -0.513 e. The lowest BCUT2D eigenvalue weighted by Crippen LogP contribution is -2.42. The summed E-state index contributed by atoms with van der Waals surface area (Å²) in [7, 11) is 0. The van der Waals surface area contributed by atoms with E-state index in [9.17, 15) is 14.3 Å². The highest BCUT2D eigenvalue weighted by atomic mass is 19.1. The molecule has 0 bridgehead atoms. The second kappa shape index (κ2) is 6.46. The molecule has 1 saturated carbocycles. The number of hydrogen-bond donors (Lipinski definition) is 1. The Hall–Kier alpha value is -1.64. The standard InChI is InChI=1S/C20H25FO2/c1-14-7-8-15(11-18(14)21)12-20(16-5-3-2-4-6-16)13-17(22)9-10-19(20)23/h7-8,11,13,16,22H,2-6,9-10,12H2,1H3. The van der Waals surface area contributed by atoms with Gasteiger partial charge in [-0.25, -0.2) is 4.39 Å². The maximum absolute atomic E-state index is 13.9. The number of carbonyl (C=O) groups excluding carboxylic acids is 1. The molecule has 0 radical (unpaired) electrons. The molecule has 3 heteroatoms. The van der Waals surface area contributed by atoms with Gasteiger partial charge in [-0.05, 0) is 55.4 Å². The number of aliphatic hydroxyl groups excluding tert-OH is 1. The van der Waals surface area contributed by atoms with Crippen LogP contribution in [0.3, 0.4) is 0 Å². The molecule has 1 atom stereocenters. The summed E-state index contributed by atoms with van der Waals surface area (Å²) in [5, 5.41) is 10.1. The van der Waals surface area contributed by atoms with Crippen molar-refractivity contribution in [2.24, 2.45) is 11.3 Å². The molecular weight excluding hydrogens is 291 g/mol. The molecule has 0 heterocycles. The Morgan fingerprint density at radius 3 is 2.65 bits per heavy atom. The number of ketones is 1. The van der Waals surface area contributed by atoms with E-state index >= 15 is 0 Å². The number of Topliss-reactive ketones (excluding diaryl/α,β-unsaturated/α-hetero) is 1. The van der Waals surface area contributed by atoms with Crippen LogP contribution in [-0.2, 0) is 11.2 Å². The Bertz CT molecular complexity index is 629. The Labute approximate surface area is 137 Å². The van der Waals surface area contributed by atoms with Gasteiger partial charge < -0.3 is 5.11 Å². The van der Waals surface area contributed by atoms with Crippen molar-refractivity contribution in [1.82, 2.24) is 0 Å². The van der Waals surface area contributed by atoms with Gasteiger partial charge in [-0.15, -0.1) is 0 Å². The smallest absolute Gasteiger partial charge is 0.143 e. The third-order valence-corrected chi connectivity index (χ3v) is 5.62. The number of benzene rings is 1. The minimum atomic E-state index is -0.648. The van der Waals surface area contributed by atoms with Crippen LogP contribution in [0, 0.1) is 24.1 Å². The molecule has 0 spiro atoms. The van der Waals surface area contributed by atoms with Gasteiger partial charge in [0, 0.05) is 12.8 Å². The van der Waals surface area contributed by atoms with Crippen molar-refractivity contribution < 1.29 is 14.3 Å². The largest absolute Gasteiger partial charge is 0.513 e. The molecule has 2 aliphatic carbocycles. The van der Waals surface area contributed by atoms with Gasteiger partial charge in [-0.1, -0.05) is 31.4 Å². The van der Waals surface area contributed by atoms with Gasteiger partial charge >= 0.3 is 0 Å². The number of allylic oxidation sites excluding steroid dienone is 2. The lowest BCUT2D eigenvalue weighted by molar-refractivity contribution is -0.130. The van der Waals surface area contributed by atoms with Crippen LogP contribution >= 0.6 is 0 Å². The van der Waals surface area contributed by atoms with Crippen LogP contribution in [0.4, 0.5) is 4.39 Å². The molecule has 1 aromatic carbocycles. The van der Waals surface area contributed by atoms with E-state index < -0.39 is 5.41 Å². The summed E-state index contributed by atoms with van der Waals surface area (Å²) >= 11 is 0. The summed E-state index contributed by atoms with van der Waals surface area (Å²) in [5.41, 5.74) is 0.816. The highest BCUT2D eigenvalue weighted by molar-refractivity contribution is 5.88. The quantitative estimate of drug-likeness (QED) is 0.847. The van der Waals surface area contributed by atoms with Crippen molar-refractivity contribution in [3.8, 4) is 0 Å². The average Bonchev–Trinajstić information content (AvgIpc) is 2.55. The van der Waals surface area contributed by atoms with E-state index in [-0.39, 0.29) is 17.5 Å². The summed E-state index contributed by atoms with van der Waals surface area (Å²) < 4.78 is 13.9. The monoisotopic (exact) mass is 316 g/mol. The van der Waals surface area contributed by atoms with Crippen LogP contribution in [0.1, 0.15) is 56.1 Å². The lowest BCUT2D eigenvalue weighted by atomic mass is 9.61. The Balaban J connectivity index is 1.99. The third-order valence-electron chi connectivity index (χ3n) is 5.62. The van der Waals surface area contributed by atoms with Gasteiger partial charge in [0.1, 0.15) is 11.6 Å². The Kier molecular flexibility index (Phi) is 4.56. The predicted octanol–water partition coefficient (Wildman–Crippen LogP) is 5.05. The molecular formula is C20H25FO2. The Morgan fingerprint density at radius 1 is 1.22 bits per heavy atom. The zero-order valence-corrected chi connectivity index (χ0v) is 13.8. The van der Waals surface area contributed by atoms with Gasteiger partial charge in [-0.3, -0.25) is 4.79 Å². The van der Waals surface area contributed by atoms with E-state index in [4.69, 9.17) is 0 Å². The van der Waals surface area contributed by atoms with E-state index in [0.717, 1.165) is 31.2 Å². The van der Waals surface area contributed by atoms with E-state index in [1.165, 1.54) is 6.42 Å². The molecule has 3 rings (SSSR count). The molecule has 1 N–H and O–H groups in total. The number of carbonyl (C=O) groups is 1. The molecule has 2 aliphatic rings. The molecule has 1 fully saturated rings. The van der Waals surface area contributed by atoms with Crippen molar-refractivity contribution in [2.45, 2.75) is 58.3 Å². The van der Waals surface area contributed by atoms with E-state index in [1.54, 1.807) is 25.1 Å². The minimum absolute atomic E-state index is 0.211. The van der Waals surface area contributed by atoms with Gasteiger partial charge in [-0.2, -0.15) is 0 Å². The van der Waals surface area contributed by atoms with Crippen LogP contribution in [0.15, 0.2) is 30.0 Å². The van der Waals surface area contributed by atoms with Crippen LogP contribution in [0.5, 0.6) is 0 Å². The molecule has 2 nitrogen and oxygen atoms in total. The van der Waals surface area contributed by atoms with E-state index in [2.05, 4.69) is 0 Å². The van der Waals surface area contributed by atoms with E-state index in [1.807, 2.05) is 6.07 Å². The van der Waals surface area contributed by atoms with Crippen LogP contribution in [-0.4, -0.2) is 10.9 Å². The first-order chi connectivity index (χ1) is 11.0. The number of rotatable bonds is 3. The van der Waals surface area contributed by atoms with Crippen molar-refractivity contribution in [2.75, 3.05) is 0 Å². The molecule has 1 unspecified atom stereocenters. The maximum Gasteiger partial charge on any atom is 0.143 e. The highest BCUT2D eigenvalue weighted by Gasteiger charge is 2.45. The number of halogens is 1. The first-order valence-electron chi connectivity index (χ1n) is 8.70. The van der Waals surface area contributed by atoms with Crippen LogP contribution < -0.4 is 0 Å². The summed E-state index contributed by atoms with van der Waals surface area (Å²) in [6.07, 6.45) is 8.66. The number of aliphatic hydroxyl groups is 1. The van der Waals surface area contributed by atoms with E-state index in [0.29, 0.717) is 30.6 Å². The fraction of sp³-hybridized carbons (Fsp3) is 0.550. The normalized spacial score (nSPS) is 26.2. The fourth-order valence-electron chi connectivity index (χ4n) is 4.27. The number of hydrogen-bond acceptors (Lipinski definition) is 2. The van der Waals surface area contributed by atoms with Crippen LogP contribution in [0.25, 0.3) is 0 Å². The van der Waals surface area contributed by atoms with Gasteiger partial charge in [0.25, 0.3) is 0 Å². The topological polar surface area (TPSA) is 37.3 Å². The second-order valence-corrected chi connectivity index (χ2v) is 7.19. The second-order valence-electron chi connectivity index (χ2n) is 7.19. The summed E-state index contributed by atoms with van der Waals surface area (Å²) in [6.45, 7) is 1.74. The van der Waals surface area contributed by atoms with Crippen molar-refractivity contribution in [3.05, 3.63) is 47.0 Å². The summed E-state index contributed by atoms with van der Waals surface area (Å²) in [5.74, 6) is 0.569. The Morgan fingerprint density at radius 2 is 1.96 bits per heavy atom. The maximum atomic E-state index is 13.9. The zero-order chi connectivity index (χ0) is 16.4. The molecule has 23 heavy (non-hydrogen) atoms. The predicted molar refractivity (Wildman–Crippen MR) is 88.8 cm³/mol. The van der Waals surface area contributed by atoms with Gasteiger partial charge in [0.05, 0.1) is 11.2 Å². The molecule has 124 valence electrons. The van der Waals surface area contributed by atoms with Gasteiger partial charge in [0.2, 0.25) is 0 Å². The highest BCUT2D eigenvalue weighted by Crippen LogP contribution is 2.46. The molecule has 1 aromatic rings. The molecule has 0 saturated heterocycles. The summed E-state index contributed by atoms with van der Waals surface area (Å²) in [6, 6.07) is 5.23. The van der Waals surface area contributed by atoms with Crippen molar-refractivity contribution >= 4 is 5.78 Å². The first kappa shape index (κ1) is 16.2. The average molecular weight is 316 g/mol. The van der Waals surface area contributed by atoms with Crippen molar-refractivity contribution in [3.63, 3.8) is 0 Å². The summed E-state index contributed by atoms with van der Waals surface area (Å²) in [4.78, 5) is 12.9. The number of aryl methyl sites for hydroxylation is 1. The fourth-order valence-corrected chi connectivity index (χ4v) is 4.27. The molecule has 0 aromatic heterocycles. The van der Waals surface area contributed by atoms with Gasteiger partial charge in [0.15, 0.2) is 0 Å². The van der Waals surface area contributed by atoms with Crippen molar-refractivity contribution in [1.29, 1.82) is 0 Å². The first-order valence-corrected chi connectivity index (χ1v) is 8.70. The molecule has 0 amide bonds. The molecule has 0 aliphatic heterocycles. The lowest BCUT2D eigenvalue weighted by Gasteiger charge is -2.41. The zero-order valence-electron chi connectivity index (χ0n) is 13.8.